The van der Waals surface area contributed by atoms with Gasteiger partial charge in [-0.15, -0.1) is 0 Å². The van der Waals surface area contributed by atoms with E-state index in [2.05, 4.69) is 4.90 Å². The number of piperazine rings is 1. The van der Waals surface area contributed by atoms with Gasteiger partial charge in [0.2, 0.25) is 0 Å². The van der Waals surface area contributed by atoms with E-state index in [1.54, 1.807) is 0 Å². The Morgan fingerprint density at radius 3 is 1.90 bits per heavy atom. The van der Waals surface area contributed by atoms with E-state index in [4.69, 9.17) is 0 Å². The number of β-amino-alcohol motifs (C(OH)–C–C–N with tert-alkyl or cyclic N) is 1. The van der Waals surface area contributed by atoms with Gasteiger partial charge in [-0.05, 0) is 30.7 Å². The highest BCUT2D eigenvalue weighted by Crippen LogP contribution is 2.39. The molecule has 5 rings (SSSR count). The van der Waals surface area contributed by atoms with Crippen LogP contribution >= 0.6 is 0 Å². The lowest BCUT2D eigenvalue weighted by Crippen LogP contribution is -2.79. The Kier molecular flexibility index (Phi) is 4.41. The molecule has 150 valence electrons. The summed E-state index contributed by atoms with van der Waals surface area (Å²) >= 11 is 0. The molecule has 0 bridgehead atoms. The van der Waals surface area contributed by atoms with Crippen LogP contribution in [-0.2, 0) is 0 Å². The summed E-state index contributed by atoms with van der Waals surface area (Å²) in [7, 11) is 0. The SMILES string of the molecule is O=C(c1ccccc1)N1CC2CC(O)CN2C2(C1)CN(C(=O)c1ccccc1)C2. The molecule has 2 aromatic carbocycles. The number of aliphatic hydroxyl groups excluding tert-OH is 1. The topological polar surface area (TPSA) is 64.1 Å². The molecule has 3 aliphatic rings. The normalized spacial score (nSPS) is 25.6. The number of hydrogen-bond acceptors (Lipinski definition) is 4. The van der Waals surface area contributed by atoms with Crippen molar-refractivity contribution in [3.8, 4) is 0 Å². The first kappa shape index (κ1) is 18.3. The van der Waals surface area contributed by atoms with Crippen LogP contribution in [0.15, 0.2) is 60.7 Å². The Balaban J connectivity index is 1.37. The van der Waals surface area contributed by atoms with Crippen molar-refractivity contribution >= 4 is 11.8 Å². The quantitative estimate of drug-likeness (QED) is 0.842. The minimum Gasteiger partial charge on any atom is -0.392 e. The Labute approximate surface area is 170 Å². The number of carbonyl (C=O) groups excluding carboxylic acids is 2. The maximum atomic E-state index is 13.1. The van der Waals surface area contributed by atoms with E-state index in [1.807, 2.05) is 70.5 Å². The summed E-state index contributed by atoms with van der Waals surface area (Å²) in [5.41, 5.74) is 1.11. The van der Waals surface area contributed by atoms with E-state index in [9.17, 15) is 14.7 Å². The average Bonchev–Trinajstić information content (AvgIpc) is 3.12. The number of benzene rings is 2. The van der Waals surface area contributed by atoms with Crippen molar-refractivity contribution in [1.29, 1.82) is 0 Å². The standard InChI is InChI=1S/C23H25N3O3/c27-20-11-19-12-24(21(28)17-7-3-1-4-8-17)14-23(26(19)13-20)15-25(16-23)22(29)18-9-5-2-6-10-18/h1-10,19-20,27H,11-16H2. The Morgan fingerprint density at radius 1 is 0.793 bits per heavy atom. The van der Waals surface area contributed by atoms with Crippen LogP contribution in [0.5, 0.6) is 0 Å². The molecule has 3 aliphatic heterocycles. The van der Waals surface area contributed by atoms with Gasteiger partial charge < -0.3 is 14.9 Å². The molecule has 2 unspecified atom stereocenters. The molecule has 2 aromatic rings. The van der Waals surface area contributed by atoms with Crippen LogP contribution in [0, 0.1) is 0 Å². The van der Waals surface area contributed by atoms with Crippen LogP contribution in [0.4, 0.5) is 0 Å². The van der Waals surface area contributed by atoms with E-state index < -0.39 is 0 Å². The Morgan fingerprint density at radius 2 is 1.31 bits per heavy atom. The molecule has 0 aromatic heterocycles. The highest BCUT2D eigenvalue weighted by atomic mass is 16.3. The van der Waals surface area contributed by atoms with E-state index in [-0.39, 0.29) is 29.5 Å². The Bertz CT molecular complexity index is 911. The molecule has 0 radical (unpaired) electrons. The fourth-order valence-corrected chi connectivity index (χ4v) is 5.18. The third kappa shape index (κ3) is 3.12. The molecular formula is C23H25N3O3. The zero-order valence-corrected chi connectivity index (χ0v) is 16.3. The molecule has 3 saturated heterocycles. The molecule has 2 atom stereocenters. The predicted molar refractivity (Wildman–Crippen MR) is 109 cm³/mol. The second kappa shape index (κ2) is 6.97. The second-order valence-electron chi connectivity index (χ2n) is 8.50. The molecule has 3 heterocycles. The van der Waals surface area contributed by atoms with Crippen LogP contribution in [0.3, 0.4) is 0 Å². The molecule has 29 heavy (non-hydrogen) atoms. The number of fused-ring (bicyclic) bond motifs is 2. The summed E-state index contributed by atoms with van der Waals surface area (Å²) in [6.07, 6.45) is 0.301. The summed E-state index contributed by atoms with van der Waals surface area (Å²) in [5.74, 6) is 0.0536. The summed E-state index contributed by atoms with van der Waals surface area (Å²) in [4.78, 5) is 32.0. The lowest BCUT2D eigenvalue weighted by atomic mass is 9.83. The number of hydrogen-bond donors (Lipinski definition) is 1. The summed E-state index contributed by atoms with van der Waals surface area (Å²) in [6.45, 7) is 3.00. The first-order chi connectivity index (χ1) is 14.1. The third-order valence-corrected chi connectivity index (χ3v) is 6.50. The van der Waals surface area contributed by atoms with Crippen LogP contribution < -0.4 is 0 Å². The van der Waals surface area contributed by atoms with Crippen LogP contribution in [0.25, 0.3) is 0 Å². The fraction of sp³-hybridized carbons (Fsp3) is 0.391. The van der Waals surface area contributed by atoms with Crippen LogP contribution in [0.2, 0.25) is 0 Å². The zero-order chi connectivity index (χ0) is 20.0. The molecule has 3 fully saturated rings. The molecule has 6 nitrogen and oxygen atoms in total. The van der Waals surface area contributed by atoms with E-state index >= 15 is 0 Å². The zero-order valence-electron chi connectivity index (χ0n) is 16.3. The van der Waals surface area contributed by atoms with Crippen molar-refractivity contribution in [3.63, 3.8) is 0 Å². The number of carbonyl (C=O) groups is 2. The second-order valence-corrected chi connectivity index (χ2v) is 8.50. The van der Waals surface area contributed by atoms with Crippen molar-refractivity contribution in [1.82, 2.24) is 14.7 Å². The van der Waals surface area contributed by atoms with Gasteiger partial charge >= 0.3 is 0 Å². The minimum absolute atomic E-state index is 0.0267. The van der Waals surface area contributed by atoms with Crippen molar-refractivity contribution < 1.29 is 14.7 Å². The van der Waals surface area contributed by atoms with Crippen molar-refractivity contribution in [2.75, 3.05) is 32.7 Å². The highest BCUT2D eigenvalue weighted by molar-refractivity contribution is 5.96. The predicted octanol–water partition coefficient (Wildman–Crippen LogP) is 1.47. The molecule has 0 saturated carbocycles. The number of likely N-dealkylation sites (tertiary alicyclic amines) is 1. The van der Waals surface area contributed by atoms with Gasteiger partial charge in [-0.2, -0.15) is 0 Å². The Hall–Kier alpha value is -2.70. The fourth-order valence-electron chi connectivity index (χ4n) is 5.18. The van der Waals surface area contributed by atoms with E-state index in [0.717, 1.165) is 0 Å². The number of nitrogens with zero attached hydrogens (tertiary/aromatic N) is 3. The summed E-state index contributed by atoms with van der Waals surface area (Å²) in [5, 5.41) is 10.3. The van der Waals surface area contributed by atoms with Crippen molar-refractivity contribution in [2.45, 2.75) is 24.1 Å². The third-order valence-electron chi connectivity index (χ3n) is 6.50. The highest BCUT2D eigenvalue weighted by Gasteiger charge is 2.57. The van der Waals surface area contributed by atoms with Gasteiger partial charge in [0.05, 0.1) is 11.6 Å². The number of amides is 2. The monoisotopic (exact) mass is 391 g/mol. The van der Waals surface area contributed by atoms with E-state index in [0.29, 0.717) is 50.3 Å². The first-order valence-electron chi connectivity index (χ1n) is 10.2. The van der Waals surface area contributed by atoms with E-state index in [1.165, 1.54) is 0 Å². The summed E-state index contributed by atoms with van der Waals surface area (Å²) in [6, 6.07) is 18.8. The first-order valence-corrected chi connectivity index (χ1v) is 10.2. The average molecular weight is 391 g/mol. The molecule has 1 spiro atoms. The van der Waals surface area contributed by atoms with Gasteiger partial charge in [-0.3, -0.25) is 14.5 Å². The molecular weight excluding hydrogens is 366 g/mol. The summed E-state index contributed by atoms with van der Waals surface area (Å²) < 4.78 is 0. The molecule has 2 amide bonds. The maximum Gasteiger partial charge on any atom is 0.253 e. The number of aliphatic hydroxyl groups is 1. The molecule has 1 N–H and O–H groups in total. The van der Waals surface area contributed by atoms with Gasteiger partial charge in [0.15, 0.2) is 0 Å². The van der Waals surface area contributed by atoms with Gasteiger partial charge in [-0.25, -0.2) is 0 Å². The number of rotatable bonds is 2. The lowest BCUT2D eigenvalue weighted by Gasteiger charge is -2.60. The maximum absolute atomic E-state index is 13.1. The smallest absolute Gasteiger partial charge is 0.253 e. The van der Waals surface area contributed by atoms with Gasteiger partial charge in [0.1, 0.15) is 0 Å². The largest absolute Gasteiger partial charge is 0.392 e. The molecule has 0 aliphatic carbocycles. The minimum atomic E-state index is -0.373. The van der Waals surface area contributed by atoms with Crippen molar-refractivity contribution in [2.24, 2.45) is 0 Å². The van der Waals surface area contributed by atoms with Gasteiger partial charge in [0.25, 0.3) is 11.8 Å². The van der Waals surface area contributed by atoms with Crippen molar-refractivity contribution in [3.05, 3.63) is 71.8 Å². The van der Waals surface area contributed by atoms with Gasteiger partial charge in [0, 0.05) is 49.9 Å². The van der Waals surface area contributed by atoms with Crippen LogP contribution in [-0.4, -0.2) is 82.0 Å². The lowest BCUT2D eigenvalue weighted by molar-refractivity contribution is -0.0917. The van der Waals surface area contributed by atoms with Crippen LogP contribution in [0.1, 0.15) is 27.1 Å². The van der Waals surface area contributed by atoms with Gasteiger partial charge in [-0.1, -0.05) is 36.4 Å². The molecule has 6 heteroatoms.